The van der Waals surface area contributed by atoms with Gasteiger partial charge in [-0.15, -0.1) is 0 Å². The monoisotopic (exact) mass is 416 g/mol. The van der Waals surface area contributed by atoms with Gasteiger partial charge in [-0.3, -0.25) is 0 Å². The van der Waals surface area contributed by atoms with Gasteiger partial charge in [-0.25, -0.2) is 0 Å². The Labute approximate surface area is 172 Å². The molecule has 0 aromatic rings. The topological polar surface area (TPSA) is 27.7 Å². The maximum absolute atomic E-state index is 6.85. The minimum Gasteiger partial charge on any atom is -0.416 e. The van der Waals surface area contributed by atoms with Gasteiger partial charge in [0, 0.05) is 23.3 Å². The third-order valence-electron chi connectivity index (χ3n) is 6.55. The van der Waals surface area contributed by atoms with Crippen molar-refractivity contribution < 1.29 is 13.3 Å². The highest BCUT2D eigenvalue weighted by molar-refractivity contribution is 6.77. The molecule has 0 aromatic heterocycles. The van der Waals surface area contributed by atoms with E-state index in [-0.39, 0.29) is 16.2 Å². The van der Waals surface area contributed by atoms with E-state index in [1.165, 1.54) is 0 Å². The van der Waals surface area contributed by atoms with Crippen molar-refractivity contribution in [2.75, 3.05) is 13.2 Å². The zero-order valence-electron chi connectivity index (χ0n) is 20.4. The molecule has 0 aliphatic carbocycles. The summed E-state index contributed by atoms with van der Waals surface area (Å²) in [4.78, 5) is 0. The molecule has 0 N–H and O–H groups in total. The standard InChI is InChI=1S/C22H48O3Si2/c1-17(2)26(18(3)4,19(5)6)23-15-13-20-14-16-24-27(25-20,21(7,8)9)22(10,11)12/h17-20H,13-16H2,1-12H3. The second-order valence-electron chi connectivity index (χ2n) is 11.4. The van der Waals surface area contributed by atoms with Gasteiger partial charge in [0.1, 0.15) is 0 Å². The van der Waals surface area contributed by atoms with Crippen molar-refractivity contribution in [1.82, 2.24) is 0 Å². The molecule has 0 saturated carbocycles. The highest BCUT2D eigenvalue weighted by Gasteiger charge is 2.60. The molecule has 5 heteroatoms. The second-order valence-corrected chi connectivity index (χ2v) is 21.7. The predicted octanol–water partition coefficient (Wildman–Crippen LogP) is 7.42. The van der Waals surface area contributed by atoms with Crippen LogP contribution in [0.2, 0.25) is 26.7 Å². The molecule has 1 aliphatic heterocycles. The van der Waals surface area contributed by atoms with Gasteiger partial charge < -0.3 is 13.3 Å². The van der Waals surface area contributed by atoms with Crippen LogP contribution in [0.5, 0.6) is 0 Å². The molecule has 1 atom stereocenters. The van der Waals surface area contributed by atoms with E-state index in [0.717, 1.165) is 26.1 Å². The van der Waals surface area contributed by atoms with Gasteiger partial charge in [0.2, 0.25) is 0 Å². The number of hydrogen-bond donors (Lipinski definition) is 0. The van der Waals surface area contributed by atoms with E-state index in [0.29, 0.717) is 16.6 Å². The highest BCUT2D eigenvalue weighted by Crippen LogP contribution is 2.54. The summed E-state index contributed by atoms with van der Waals surface area (Å²) in [6.45, 7) is 29.5. The van der Waals surface area contributed by atoms with E-state index in [2.05, 4.69) is 83.1 Å². The second kappa shape index (κ2) is 8.99. The summed E-state index contributed by atoms with van der Waals surface area (Å²) in [5.74, 6) is 0. The van der Waals surface area contributed by atoms with Crippen molar-refractivity contribution in [3.05, 3.63) is 0 Å². The molecule has 1 unspecified atom stereocenters. The molecule has 3 nitrogen and oxygen atoms in total. The first-order chi connectivity index (χ1) is 12.1. The highest BCUT2D eigenvalue weighted by atomic mass is 28.4. The van der Waals surface area contributed by atoms with Crippen molar-refractivity contribution in [2.24, 2.45) is 0 Å². The number of hydrogen-bond acceptors (Lipinski definition) is 3. The van der Waals surface area contributed by atoms with Crippen LogP contribution in [0, 0.1) is 0 Å². The largest absolute Gasteiger partial charge is 0.416 e. The van der Waals surface area contributed by atoms with E-state index in [1.54, 1.807) is 0 Å². The van der Waals surface area contributed by atoms with Crippen LogP contribution >= 0.6 is 0 Å². The Morgan fingerprint density at radius 1 is 0.889 bits per heavy atom. The Bertz CT molecular complexity index is 425. The van der Waals surface area contributed by atoms with Crippen molar-refractivity contribution in [1.29, 1.82) is 0 Å². The summed E-state index contributed by atoms with van der Waals surface area (Å²) >= 11 is 0. The summed E-state index contributed by atoms with van der Waals surface area (Å²) in [5.41, 5.74) is 1.89. The molecule has 27 heavy (non-hydrogen) atoms. The molecule has 1 heterocycles. The van der Waals surface area contributed by atoms with Crippen LogP contribution in [0.25, 0.3) is 0 Å². The number of rotatable bonds is 7. The maximum atomic E-state index is 6.85. The molecular formula is C22H48O3Si2. The lowest BCUT2D eigenvalue weighted by molar-refractivity contribution is 0.00988. The Morgan fingerprint density at radius 3 is 1.70 bits per heavy atom. The molecule has 0 aromatic carbocycles. The SMILES string of the molecule is CC(C)[Si](OCCC1CCO[Si](C(C)(C)C)(C(C)(C)C)O1)(C(C)C)C(C)C. The van der Waals surface area contributed by atoms with Crippen LogP contribution in [-0.4, -0.2) is 36.2 Å². The summed E-state index contributed by atoms with van der Waals surface area (Å²) in [7, 11) is -4.15. The van der Waals surface area contributed by atoms with Gasteiger partial charge in [0.15, 0.2) is 8.32 Å². The van der Waals surface area contributed by atoms with Crippen molar-refractivity contribution in [3.8, 4) is 0 Å². The van der Waals surface area contributed by atoms with E-state index in [4.69, 9.17) is 13.3 Å². The first-order valence-electron chi connectivity index (χ1n) is 11.1. The molecule has 1 fully saturated rings. The Kier molecular flexibility index (Phi) is 8.44. The van der Waals surface area contributed by atoms with Crippen LogP contribution in [0.1, 0.15) is 95.9 Å². The van der Waals surface area contributed by atoms with Crippen LogP contribution in [0.4, 0.5) is 0 Å². The van der Waals surface area contributed by atoms with Crippen molar-refractivity contribution >= 4 is 16.9 Å². The smallest absolute Gasteiger partial charge is 0.349 e. The first-order valence-corrected chi connectivity index (χ1v) is 15.0. The Balaban J connectivity index is 2.89. The van der Waals surface area contributed by atoms with Gasteiger partial charge in [-0.2, -0.15) is 0 Å². The van der Waals surface area contributed by atoms with Crippen LogP contribution in [-0.2, 0) is 13.3 Å². The first kappa shape index (κ1) is 25.4. The van der Waals surface area contributed by atoms with Crippen molar-refractivity contribution in [2.45, 2.75) is 129 Å². The third-order valence-corrected chi connectivity index (χ3v) is 17.9. The lowest BCUT2D eigenvalue weighted by Gasteiger charge is -2.53. The molecular weight excluding hydrogens is 368 g/mol. The average molecular weight is 417 g/mol. The van der Waals surface area contributed by atoms with Crippen LogP contribution in [0.15, 0.2) is 0 Å². The Hall–Kier alpha value is 0.314. The van der Waals surface area contributed by atoms with E-state index >= 15 is 0 Å². The summed E-state index contributed by atoms with van der Waals surface area (Å²) in [6.07, 6.45) is 2.25. The van der Waals surface area contributed by atoms with E-state index < -0.39 is 16.9 Å². The zero-order chi connectivity index (χ0) is 21.3. The summed E-state index contributed by atoms with van der Waals surface area (Å²) in [5, 5.41) is 0.105. The lowest BCUT2D eigenvalue weighted by Crippen LogP contribution is -2.61. The van der Waals surface area contributed by atoms with Gasteiger partial charge in [-0.05, 0) is 29.5 Å². The van der Waals surface area contributed by atoms with Crippen LogP contribution in [0.3, 0.4) is 0 Å². The van der Waals surface area contributed by atoms with Crippen LogP contribution < -0.4 is 0 Å². The van der Waals surface area contributed by atoms with Crippen molar-refractivity contribution in [3.63, 3.8) is 0 Å². The summed E-state index contributed by atoms with van der Waals surface area (Å²) in [6, 6.07) is 0. The zero-order valence-corrected chi connectivity index (χ0v) is 22.4. The molecule has 1 aliphatic rings. The molecule has 0 amide bonds. The van der Waals surface area contributed by atoms with Gasteiger partial charge in [-0.1, -0.05) is 83.1 Å². The van der Waals surface area contributed by atoms with Gasteiger partial charge in [0.25, 0.3) is 0 Å². The molecule has 162 valence electrons. The molecule has 0 bridgehead atoms. The van der Waals surface area contributed by atoms with Gasteiger partial charge >= 0.3 is 8.56 Å². The fourth-order valence-corrected chi connectivity index (χ4v) is 16.1. The molecule has 0 spiro atoms. The van der Waals surface area contributed by atoms with E-state index in [1.807, 2.05) is 0 Å². The normalized spacial score (nSPS) is 22.1. The fourth-order valence-electron chi connectivity index (χ4n) is 5.64. The van der Waals surface area contributed by atoms with E-state index in [9.17, 15) is 0 Å². The quantitative estimate of drug-likeness (QED) is 0.404. The maximum Gasteiger partial charge on any atom is 0.349 e. The molecule has 0 radical (unpaired) electrons. The molecule has 1 saturated heterocycles. The fraction of sp³-hybridized carbons (Fsp3) is 1.00. The minimum atomic E-state index is -2.35. The Morgan fingerprint density at radius 2 is 1.33 bits per heavy atom. The molecule has 1 rings (SSSR count). The van der Waals surface area contributed by atoms with Gasteiger partial charge in [0.05, 0.1) is 6.10 Å². The predicted molar refractivity (Wildman–Crippen MR) is 122 cm³/mol. The average Bonchev–Trinajstić information content (AvgIpc) is 2.48. The third kappa shape index (κ3) is 5.08. The minimum absolute atomic E-state index is 0.0527. The lowest BCUT2D eigenvalue weighted by atomic mass is 10.2. The summed E-state index contributed by atoms with van der Waals surface area (Å²) < 4.78 is 20.1.